The molecule has 19 heavy (non-hydrogen) atoms. The summed E-state index contributed by atoms with van der Waals surface area (Å²) in [6.45, 7) is 8.91. The molecule has 0 saturated heterocycles. The van der Waals surface area contributed by atoms with Crippen LogP contribution < -0.4 is 0 Å². The van der Waals surface area contributed by atoms with Gasteiger partial charge in [-0.3, -0.25) is 0 Å². The minimum absolute atomic E-state index is 0.181. The molecule has 2 unspecified atom stereocenters. The number of fused-ring (bicyclic) bond motifs is 1. The Morgan fingerprint density at radius 2 is 2.05 bits per heavy atom. The number of nitrogens with zero attached hydrogens (tertiary/aromatic N) is 2. The molecule has 2 atom stereocenters. The molecule has 2 aromatic rings. The first-order valence-electron chi connectivity index (χ1n) is 6.74. The van der Waals surface area contributed by atoms with Crippen molar-refractivity contribution in [3.63, 3.8) is 0 Å². The average Bonchev–Trinajstić information content (AvgIpc) is 2.68. The molecule has 2 nitrogen and oxygen atoms in total. The molecular weight excluding hydrogens is 263 g/mol. The zero-order chi connectivity index (χ0) is 14.2. The highest BCUT2D eigenvalue weighted by molar-refractivity contribution is 6.20. The van der Waals surface area contributed by atoms with Gasteiger partial charge in [0.25, 0.3) is 0 Å². The quantitative estimate of drug-likeness (QED) is 0.735. The largest absolute Gasteiger partial charge is 0.326 e. The highest BCUT2D eigenvalue weighted by Crippen LogP contribution is 2.27. The van der Waals surface area contributed by atoms with E-state index in [1.165, 1.54) is 6.07 Å². The maximum Gasteiger partial charge on any atom is 0.128 e. The first-order valence-corrected chi connectivity index (χ1v) is 7.18. The Labute approximate surface area is 118 Å². The molecule has 0 fully saturated rings. The van der Waals surface area contributed by atoms with E-state index in [1.54, 1.807) is 6.92 Å². The first kappa shape index (κ1) is 14.3. The zero-order valence-electron chi connectivity index (χ0n) is 11.9. The van der Waals surface area contributed by atoms with Crippen molar-refractivity contribution in [1.29, 1.82) is 0 Å². The molecule has 104 valence electrons. The van der Waals surface area contributed by atoms with E-state index in [0.29, 0.717) is 17.0 Å². The molecule has 0 aliphatic rings. The van der Waals surface area contributed by atoms with E-state index in [-0.39, 0.29) is 11.2 Å². The van der Waals surface area contributed by atoms with Gasteiger partial charge in [-0.1, -0.05) is 20.3 Å². The Morgan fingerprint density at radius 1 is 1.37 bits per heavy atom. The monoisotopic (exact) mass is 282 g/mol. The molecule has 0 radical (unpaired) electrons. The molecule has 0 aliphatic heterocycles. The molecule has 0 bridgehead atoms. The van der Waals surface area contributed by atoms with Gasteiger partial charge in [-0.25, -0.2) is 9.37 Å². The number of aromatic nitrogens is 2. The summed E-state index contributed by atoms with van der Waals surface area (Å²) in [5.74, 6) is 1.15. The van der Waals surface area contributed by atoms with Crippen LogP contribution in [0, 0.1) is 18.7 Å². The smallest absolute Gasteiger partial charge is 0.128 e. The van der Waals surface area contributed by atoms with Crippen LogP contribution in [0.4, 0.5) is 4.39 Å². The van der Waals surface area contributed by atoms with Crippen molar-refractivity contribution in [2.45, 2.75) is 46.0 Å². The predicted octanol–water partition coefficient (Wildman–Crippen LogP) is 4.83. The van der Waals surface area contributed by atoms with Gasteiger partial charge in [-0.05, 0) is 31.4 Å². The lowest BCUT2D eigenvalue weighted by Crippen LogP contribution is -2.10. The maximum absolute atomic E-state index is 13.6. The van der Waals surface area contributed by atoms with Crippen LogP contribution in [-0.2, 0) is 6.54 Å². The third kappa shape index (κ3) is 2.76. The standard InChI is InChI=1S/C15H20ClFN2/c1-5-9(2)8-19-14-6-10(3)12(17)7-13(14)18-15(19)11(4)16/h6-7,9,11H,5,8H2,1-4H3. The topological polar surface area (TPSA) is 17.8 Å². The van der Waals surface area contributed by atoms with Crippen molar-refractivity contribution >= 4 is 22.6 Å². The van der Waals surface area contributed by atoms with Gasteiger partial charge in [0, 0.05) is 12.6 Å². The SMILES string of the molecule is CCC(C)Cn1c(C(C)Cl)nc2cc(F)c(C)cc21. The van der Waals surface area contributed by atoms with Crippen LogP contribution in [0.25, 0.3) is 11.0 Å². The van der Waals surface area contributed by atoms with Crippen LogP contribution in [0.15, 0.2) is 12.1 Å². The summed E-state index contributed by atoms with van der Waals surface area (Å²) in [6.07, 6.45) is 1.09. The average molecular weight is 283 g/mol. The van der Waals surface area contributed by atoms with E-state index >= 15 is 0 Å². The first-order chi connectivity index (χ1) is 8.93. The maximum atomic E-state index is 13.6. The third-order valence-corrected chi connectivity index (χ3v) is 3.80. The zero-order valence-corrected chi connectivity index (χ0v) is 12.6. The molecule has 0 N–H and O–H groups in total. The Morgan fingerprint density at radius 3 is 2.63 bits per heavy atom. The molecule has 0 saturated carbocycles. The second-order valence-electron chi connectivity index (χ2n) is 5.30. The van der Waals surface area contributed by atoms with Crippen molar-refractivity contribution in [3.05, 3.63) is 29.3 Å². The second-order valence-corrected chi connectivity index (χ2v) is 5.95. The number of imidazole rings is 1. The number of rotatable bonds is 4. The van der Waals surface area contributed by atoms with Gasteiger partial charge in [-0.2, -0.15) is 0 Å². The fourth-order valence-electron chi connectivity index (χ4n) is 2.21. The lowest BCUT2D eigenvalue weighted by atomic mass is 10.1. The van der Waals surface area contributed by atoms with Gasteiger partial charge >= 0.3 is 0 Å². The molecule has 0 aliphatic carbocycles. The molecule has 1 aromatic heterocycles. The van der Waals surface area contributed by atoms with Crippen LogP contribution in [0.3, 0.4) is 0 Å². The van der Waals surface area contributed by atoms with Crippen LogP contribution in [0.2, 0.25) is 0 Å². The summed E-state index contributed by atoms with van der Waals surface area (Å²) in [7, 11) is 0. The molecular formula is C15H20ClFN2. The number of hydrogen-bond donors (Lipinski definition) is 0. The fourth-order valence-corrected chi connectivity index (χ4v) is 2.37. The highest BCUT2D eigenvalue weighted by atomic mass is 35.5. The van der Waals surface area contributed by atoms with Crippen LogP contribution in [0.1, 0.15) is 44.0 Å². The molecule has 1 aromatic carbocycles. The van der Waals surface area contributed by atoms with E-state index in [0.717, 1.165) is 24.3 Å². The number of alkyl halides is 1. The molecule has 1 heterocycles. The summed E-state index contributed by atoms with van der Waals surface area (Å²) < 4.78 is 15.8. The lowest BCUT2D eigenvalue weighted by molar-refractivity contribution is 0.465. The molecule has 0 amide bonds. The summed E-state index contributed by atoms with van der Waals surface area (Å²) >= 11 is 6.21. The van der Waals surface area contributed by atoms with E-state index in [4.69, 9.17) is 11.6 Å². The van der Waals surface area contributed by atoms with Crippen molar-refractivity contribution in [1.82, 2.24) is 9.55 Å². The highest BCUT2D eigenvalue weighted by Gasteiger charge is 2.17. The van der Waals surface area contributed by atoms with Crippen LogP contribution in [-0.4, -0.2) is 9.55 Å². The van der Waals surface area contributed by atoms with Crippen LogP contribution >= 0.6 is 11.6 Å². The van der Waals surface area contributed by atoms with Gasteiger partial charge in [0.15, 0.2) is 0 Å². The lowest BCUT2D eigenvalue weighted by Gasteiger charge is -2.15. The summed E-state index contributed by atoms with van der Waals surface area (Å²) in [4.78, 5) is 4.49. The predicted molar refractivity (Wildman–Crippen MR) is 78.2 cm³/mol. The summed E-state index contributed by atoms with van der Waals surface area (Å²) in [6, 6.07) is 3.36. The third-order valence-electron chi connectivity index (χ3n) is 3.61. The van der Waals surface area contributed by atoms with Crippen molar-refractivity contribution < 1.29 is 4.39 Å². The Bertz CT molecular complexity index is 589. The number of aryl methyl sites for hydroxylation is 1. The van der Waals surface area contributed by atoms with E-state index in [9.17, 15) is 4.39 Å². The molecule has 0 spiro atoms. The molecule has 2 rings (SSSR count). The minimum atomic E-state index is -0.213. The number of benzene rings is 1. The fraction of sp³-hybridized carbons (Fsp3) is 0.533. The molecule has 4 heteroatoms. The van der Waals surface area contributed by atoms with Gasteiger partial charge < -0.3 is 4.57 Å². The number of hydrogen-bond acceptors (Lipinski definition) is 1. The van der Waals surface area contributed by atoms with Gasteiger partial charge in [0.05, 0.1) is 16.4 Å². The summed E-state index contributed by atoms with van der Waals surface area (Å²) in [5, 5.41) is -0.181. The van der Waals surface area contributed by atoms with Gasteiger partial charge in [-0.15, -0.1) is 11.6 Å². The summed E-state index contributed by atoms with van der Waals surface area (Å²) in [5.41, 5.74) is 2.31. The van der Waals surface area contributed by atoms with Crippen molar-refractivity contribution in [2.75, 3.05) is 0 Å². The van der Waals surface area contributed by atoms with E-state index < -0.39 is 0 Å². The minimum Gasteiger partial charge on any atom is -0.326 e. The van der Waals surface area contributed by atoms with Crippen LogP contribution in [0.5, 0.6) is 0 Å². The number of halogens is 2. The van der Waals surface area contributed by atoms with Gasteiger partial charge in [0.1, 0.15) is 11.6 Å². The van der Waals surface area contributed by atoms with Gasteiger partial charge in [0.2, 0.25) is 0 Å². The Balaban J connectivity index is 2.62. The second kappa shape index (κ2) is 5.49. The Kier molecular flexibility index (Phi) is 4.14. The van der Waals surface area contributed by atoms with E-state index in [1.807, 2.05) is 13.0 Å². The Hall–Kier alpha value is -1.09. The normalized spacial score (nSPS) is 14.8. The van der Waals surface area contributed by atoms with Crippen molar-refractivity contribution in [3.8, 4) is 0 Å². The van der Waals surface area contributed by atoms with Crippen molar-refractivity contribution in [2.24, 2.45) is 5.92 Å². The van der Waals surface area contributed by atoms with E-state index in [2.05, 4.69) is 23.4 Å².